The molecule has 1 atom stereocenters. The smallest absolute Gasteiger partial charge is 0.272 e. The Morgan fingerprint density at radius 2 is 1.63 bits per heavy atom. The molecule has 3 aromatic heterocycles. The van der Waals surface area contributed by atoms with Crippen molar-refractivity contribution in [2.75, 3.05) is 36.9 Å². The Bertz CT molecular complexity index is 2100. The molecule has 0 saturated carbocycles. The third-order valence-corrected chi connectivity index (χ3v) is 8.86. The summed E-state index contributed by atoms with van der Waals surface area (Å²) in [6.45, 7) is 11.7. The normalized spacial score (nSPS) is 15.8. The summed E-state index contributed by atoms with van der Waals surface area (Å²) in [5, 5.41) is 0. The highest BCUT2D eigenvalue weighted by atomic mass is 16.5. The Labute approximate surface area is 286 Å². The fraction of sp³-hybridized carbons (Fsp3) is 0.308. The molecule has 0 aliphatic carbocycles. The second-order valence-electron chi connectivity index (χ2n) is 11.7. The van der Waals surface area contributed by atoms with Crippen LogP contribution in [0.15, 0.2) is 94.6 Å². The summed E-state index contributed by atoms with van der Waals surface area (Å²) in [4.78, 5) is 43.2. The Kier molecular flexibility index (Phi) is 10.1. The largest absolute Gasteiger partial charge is 0.487 e. The molecule has 2 aliphatic rings. The van der Waals surface area contributed by atoms with E-state index in [0.29, 0.717) is 23.9 Å². The van der Waals surface area contributed by atoms with Gasteiger partial charge < -0.3 is 15.4 Å². The van der Waals surface area contributed by atoms with Crippen LogP contribution in [-0.4, -0.2) is 56.7 Å². The fourth-order valence-electron chi connectivity index (χ4n) is 6.62. The molecule has 0 bridgehead atoms. The molecule has 2 N–H and O–H groups in total. The van der Waals surface area contributed by atoms with E-state index in [1.54, 1.807) is 6.20 Å². The predicted molar refractivity (Wildman–Crippen MR) is 197 cm³/mol. The van der Waals surface area contributed by atoms with E-state index < -0.39 is 10.9 Å². The Morgan fingerprint density at radius 3 is 2.39 bits per heavy atom. The van der Waals surface area contributed by atoms with Gasteiger partial charge in [-0.05, 0) is 54.8 Å². The molecule has 0 spiro atoms. The summed E-state index contributed by atoms with van der Waals surface area (Å²) in [5.41, 5.74) is 12.2. The summed E-state index contributed by atoms with van der Waals surface area (Å²) in [7, 11) is 0. The minimum Gasteiger partial charge on any atom is -0.487 e. The molecule has 0 radical (unpaired) electrons. The number of nitrogens with two attached hydrogens (primary N) is 1. The second-order valence-corrected chi connectivity index (χ2v) is 11.7. The lowest BCUT2D eigenvalue weighted by molar-refractivity contribution is 0.316. The van der Waals surface area contributed by atoms with Crippen molar-refractivity contribution in [1.82, 2.24) is 24.4 Å². The van der Waals surface area contributed by atoms with Crippen LogP contribution in [0.25, 0.3) is 39.5 Å². The predicted octanol–water partition coefficient (Wildman–Crippen LogP) is 6.24. The van der Waals surface area contributed by atoms with Gasteiger partial charge in [0, 0.05) is 49.7 Å². The monoisotopic (exact) mass is 657 g/mol. The van der Waals surface area contributed by atoms with Crippen molar-refractivity contribution >= 4 is 22.7 Å². The maximum atomic E-state index is 12.4. The highest BCUT2D eigenvalue weighted by molar-refractivity contribution is 5.84. The average molecular weight is 658 g/mol. The summed E-state index contributed by atoms with van der Waals surface area (Å²) in [6.07, 6.45) is 3.40. The molecule has 0 amide bonds. The first-order chi connectivity index (χ1) is 24.0. The number of rotatable bonds is 6. The van der Waals surface area contributed by atoms with E-state index in [1.165, 1.54) is 5.56 Å². The Morgan fingerprint density at radius 1 is 0.857 bits per heavy atom. The van der Waals surface area contributed by atoms with Crippen molar-refractivity contribution in [3.63, 3.8) is 0 Å². The van der Waals surface area contributed by atoms with Crippen molar-refractivity contribution in [1.29, 1.82) is 0 Å². The number of anilines is 2. The molecule has 6 aromatic rings. The van der Waals surface area contributed by atoms with Crippen LogP contribution in [0.4, 0.5) is 11.5 Å². The van der Waals surface area contributed by atoms with Crippen LogP contribution in [-0.2, 0) is 6.54 Å². The van der Waals surface area contributed by atoms with Crippen LogP contribution in [0.2, 0.25) is 0 Å². The van der Waals surface area contributed by atoms with Gasteiger partial charge >= 0.3 is 0 Å². The third kappa shape index (κ3) is 6.44. The summed E-state index contributed by atoms with van der Waals surface area (Å²) in [5.74, 6) is 1.35. The number of nitrogens with zero attached hydrogens (tertiary/aromatic N) is 6. The lowest BCUT2D eigenvalue weighted by atomic mass is 10.1. The molecule has 10 nitrogen and oxygen atoms in total. The molecular weight excluding hydrogens is 614 g/mol. The molecule has 1 unspecified atom stereocenters. The molecule has 3 aromatic carbocycles. The van der Waals surface area contributed by atoms with Gasteiger partial charge in [0.25, 0.3) is 10.9 Å². The molecule has 5 heterocycles. The number of likely N-dealkylation sites (tertiary alicyclic amines) is 1. The van der Waals surface area contributed by atoms with Crippen molar-refractivity contribution < 1.29 is 4.74 Å². The zero-order chi connectivity index (χ0) is 34.5. The SMILES string of the molecule is CC.CC.Nc1ncccc1-c1nc2ccc(-c3ccccc3)nc2n1-c1ccc(CN2CCC(N3CCCOc4c3c(=O)c4=O)C2)cc1. The third-order valence-electron chi connectivity index (χ3n) is 8.86. The topological polar surface area (TPSA) is 119 Å². The number of hydrogen-bond donors (Lipinski definition) is 1. The number of ether oxygens (including phenoxy) is 1. The quantitative estimate of drug-likeness (QED) is 0.208. The van der Waals surface area contributed by atoms with Gasteiger partial charge in [-0.25, -0.2) is 15.0 Å². The summed E-state index contributed by atoms with van der Waals surface area (Å²) in [6, 6.07) is 26.5. The van der Waals surface area contributed by atoms with Gasteiger partial charge in [0.15, 0.2) is 17.2 Å². The van der Waals surface area contributed by atoms with Crippen LogP contribution >= 0.6 is 0 Å². The standard InChI is InChI=1S/C35H31N7O3.2C2H6/c36-33-26(8-4-16-37-33)34-39-28-14-13-27(23-6-2-1-3-7-23)38-35(28)42(34)24-11-9-22(10-12-24)20-40-18-15-25(21-40)41-17-5-19-45-32-29(41)30(43)31(32)44;2*1-2/h1-4,6-14,16,25H,5,15,17-21H2,(H2,36,37);2*1-2H3. The number of benzene rings is 2. The van der Waals surface area contributed by atoms with E-state index in [0.717, 1.165) is 72.7 Å². The first-order valence-electron chi connectivity index (χ1n) is 17.3. The van der Waals surface area contributed by atoms with Crippen molar-refractivity contribution in [3.8, 4) is 34.1 Å². The summed E-state index contributed by atoms with van der Waals surface area (Å²) >= 11 is 0. The first-order valence-corrected chi connectivity index (χ1v) is 17.3. The van der Waals surface area contributed by atoms with E-state index in [-0.39, 0.29) is 11.8 Å². The number of fused-ring (bicyclic) bond motifs is 2. The van der Waals surface area contributed by atoms with E-state index in [1.807, 2.05) is 82.3 Å². The lowest BCUT2D eigenvalue weighted by Crippen LogP contribution is -2.46. The number of imidazole rings is 1. The number of nitrogen functional groups attached to an aromatic ring is 1. The van der Waals surface area contributed by atoms with Crippen LogP contribution in [0, 0.1) is 0 Å². The molecular formula is C39H43N7O3. The molecule has 8 rings (SSSR count). The van der Waals surface area contributed by atoms with Crippen molar-refractivity contribution in [3.05, 3.63) is 111 Å². The van der Waals surface area contributed by atoms with Gasteiger partial charge in [-0.3, -0.25) is 19.1 Å². The zero-order valence-electron chi connectivity index (χ0n) is 28.6. The highest BCUT2D eigenvalue weighted by Crippen LogP contribution is 2.33. The van der Waals surface area contributed by atoms with E-state index in [9.17, 15) is 9.59 Å². The van der Waals surface area contributed by atoms with Gasteiger partial charge in [-0.2, -0.15) is 0 Å². The zero-order valence-corrected chi connectivity index (χ0v) is 28.6. The molecule has 49 heavy (non-hydrogen) atoms. The Balaban J connectivity index is 0.00000101. The van der Waals surface area contributed by atoms with Crippen LogP contribution < -0.4 is 26.2 Å². The maximum Gasteiger partial charge on any atom is 0.272 e. The fourth-order valence-corrected chi connectivity index (χ4v) is 6.62. The van der Waals surface area contributed by atoms with Gasteiger partial charge in [0.1, 0.15) is 17.0 Å². The average Bonchev–Trinajstić information content (AvgIpc) is 3.72. The van der Waals surface area contributed by atoms with E-state index in [2.05, 4.69) is 43.6 Å². The molecule has 1 saturated heterocycles. The molecule has 252 valence electrons. The van der Waals surface area contributed by atoms with Crippen LogP contribution in [0.3, 0.4) is 0 Å². The minimum absolute atomic E-state index is 0.183. The minimum atomic E-state index is -0.488. The van der Waals surface area contributed by atoms with E-state index in [4.69, 9.17) is 20.4 Å². The van der Waals surface area contributed by atoms with Crippen LogP contribution in [0.5, 0.6) is 5.75 Å². The number of pyridine rings is 2. The molecule has 2 aliphatic heterocycles. The molecule has 10 heteroatoms. The maximum absolute atomic E-state index is 12.4. The lowest BCUT2D eigenvalue weighted by Gasteiger charge is -2.30. The van der Waals surface area contributed by atoms with Crippen molar-refractivity contribution in [2.45, 2.75) is 53.1 Å². The number of hydrogen-bond acceptors (Lipinski definition) is 9. The van der Waals surface area contributed by atoms with Gasteiger partial charge in [-0.1, -0.05) is 70.2 Å². The molecule has 1 fully saturated rings. The second kappa shape index (κ2) is 14.8. The van der Waals surface area contributed by atoms with Crippen molar-refractivity contribution in [2.24, 2.45) is 0 Å². The van der Waals surface area contributed by atoms with Gasteiger partial charge in [-0.15, -0.1) is 0 Å². The number of aromatic nitrogens is 4. The van der Waals surface area contributed by atoms with Gasteiger partial charge in [0.2, 0.25) is 0 Å². The highest BCUT2D eigenvalue weighted by Gasteiger charge is 2.36. The van der Waals surface area contributed by atoms with Crippen LogP contribution in [0.1, 0.15) is 46.1 Å². The summed E-state index contributed by atoms with van der Waals surface area (Å²) < 4.78 is 7.62. The Hall–Kier alpha value is -5.35. The van der Waals surface area contributed by atoms with Gasteiger partial charge in [0.05, 0.1) is 17.9 Å². The first kappa shape index (κ1) is 33.5. The van der Waals surface area contributed by atoms with E-state index >= 15 is 0 Å².